The normalized spacial score (nSPS) is 23.2. The smallest absolute Gasteiger partial charge is 0.332 e. The Morgan fingerprint density at radius 2 is 1.65 bits per heavy atom. The number of rotatable bonds is 6. The van der Waals surface area contributed by atoms with Gasteiger partial charge in [-0.05, 0) is 30.0 Å². The van der Waals surface area contributed by atoms with Crippen LogP contribution in [-0.2, 0) is 22.6 Å². The predicted molar refractivity (Wildman–Crippen MR) is 135 cm³/mol. The van der Waals surface area contributed by atoms with E-state index in [0.717, 1.165) is 21.9 Å². The van der Waals surface area contributed by atoms with Gasteiger partial charge in [-0.2, -0.15) is 0 Å². The summed E-state index contributed by atoms with van der Waals surface area (Å²) in [6.45, 7) is 2.04. The van der Waals surface area contributed by atoms with Crippen molar-refractivity contribution in [3.05, 3.63) is 58.0 Å². The topological polar surface area (TPSA) is 101 Å². The van der Waals surface area contributed by atoms with Crippen LogP contribution in [0, 0.1) is 11.3 Å². The Labute approximate surface area is 215 Å². The average Bonchev–Trinajstić information content (AvgIpc) is 2.90. The van der Waals surface area contributed by atoms with Gasteiger partial charge in [0.15, 0.2) is 0 Å². The summed E-state index contributed by atoms with van der Waals surface area (Å²) in [5.41, 5.74) is 0.157. The Morgan fingerprint density at radius 1 is 0.919 bits per heavy atom. The lowest BCUT2D eigenvalue weighted by Crippen LogP contribution is -2.67. The predicted octanol–water partition coefficient (Wildman–Crippen LogP) is 1.56. The number of piperidine rings is 1. The van der Waals surface area contributed by atoms with Crippen molar-refractivity contribution < 1.29 is 23.9 Å². The molecule has 10 nitrogen and oxygen atoms in total. The van der Waals surface area contributed by atoms with E-state index in [1.165, 1.54) is 21.2 Å². The van der Waals surface area contributed by atoms with E-state index in [1.807, 2.05) is 10.6 Å². The summed E-state index contributed by atoms with van der Waals surface area (Å²) in [6, 6.07) is 10.00. The molecule has 4 heterocycles. The number of ether oxygens (including phenoxy) is 2. The van der Waals surface area contributed by atoms with Crippen molar-refractivity contribution >= 4 is 17.8 Å². The Balaban J connectivity index is 1.53. The molecule has 0 spiro atoms. The maximum Gasteiger partial charge on any atom is 0.332 e. The zero-order valence-electron chi connectivity index (χ0n) is 21.6. The number of pyridine rings is 1. The minimum absolute atomic E-state index is 0.00289. The van der Waals surface area contributed by atoms with Gasteiger partial charge in [0.1, 0.15) is 16.9 Å². The number of fused-ring (bicyclic) bond motifs is 4. The van der Waals surface area contributed by atoms with Crippen molar-refractivity contribution in [2.24, 2.45) is 11.3 Å². The average molecular weight is 509 g/mol. The minimum atomic E-state index is -1.51. The molecule has 2 fully saturated rings. The monoisotopic (exact) mass is 508 g/mol. The Morgan fingerprint density at radius 3 is 2.32 bits per heavy atom. The second-order valence-electron chi connectivity index (χ2n) is 10.3. The van der Waals surface area contributed by atoms with E-state index < -0.39 is 23.3 Å². The van der Waals surface area contributed by atoms with Crippen molar-refractivity contribution in [3.8, 4) is 11.5 Å². The quantitative estimate of drug-likeness (QED) is 0.546. The number of hydrogen-bond donors (Lipinski definition) is 0. The van der Waals surface area contributed by atoms with Crippen LogP contribution < -0.4 is 15.0 Å². The van der Waals surface area contributed by atoms with Gasteiger partial charge in [0, 0.05) is 70.4 Å². The molecule has 3 aliphatic heterocycles. The van der Waals surface area contributed by atoms with Crippen LogP contribution in [0.2, 0.25) is 0 Å². The van der Waals surface area contributed by atoms with Crippen LogP contribution in [-0.4, -0.2) is 85.1 Å². The second kappa shape index (κ2) is 9.33. The van der Waals surface area contributed by atoms with Crippen molar-refractivity contribution in [1.82, 2.24) is 19.3 Å². The van der Waals surface area contributed by atoms with E-state index in [0.29, 0.717) is 36.7 Å². The molecule has 1 aromatic carbocycles. The first-order chi connectivity index (χ1) is 17.7. The molecule has 10 heteroatoms. The number of benzene rings is 1. The number of urea groups is 1. The van der Waals surface area contributed by atoms with Crippen LogP contribution in [0.15, 0.2) is 41.2 Å². The highest BCUT2D eigenvalue weighted by molar-refractivity contribution is 6.19. The van der Waals surface area contributed by atoms with Crippen LogP contribution in [0.5, 0.6) is 11.5 Å². The third-order valence-electron chi connectivity index (χ3n) is 8.04. The maximum atomic E-state index is 13.8. The summed E-state index contributed by atoms with van der Waals surface area (Å²) in [7, 11) is 5.92. The molecule has 0 unspecified atom stereocenters. The molecule has 37 heavy (non-hydrogen) atoms. The van der Waals surface area contributed by atoms with Crippen LogP contribution in [0.3, 0.4) is 0 Å². The van der Waals surface area contributed by atoms with E-state index in [4.69, 9.17) is 9.47 Å². The molecule has 2 atom stereocenters. The largest absolute Gasteiger partial charge is 0.497 e. The zero-order chi connectivity index (χ0) is 26.5. The lowest BCUT2D eigenvalue weighted by molar-refractivity contribution is -0.159. The summed E-state index contributed by atoms with van der Waals surface area (Å²) in [5, 5.41) is 0. The summed E-state index contributed by atoms with van der Waals surface area (Å²) in [5.74, 6) is 0.407. The molecule has 0 N–H and O–H groups in total. The van der Waals surface area contributed by atoms with Gasteiger partial charge in [-0.15, -0.1) is 0 Å². The van der Waals surface area contributed by atoms with Crippen LogP contribution in [0.4, 0.5) is 4.79 Å². The van der Waals surface area contributed by atoms with E-state index in [-0.39, 0.29) is 30.4 Å². The first-order valence-corrected chi connectivity index (χ1v) is 12.4. The molecule has 0 radical (unpaired) electrons. The number of carbonyl (C=O) groups is 3. The summed E-state index contributed by atoms with van der Waals surface area (Å²) in [6.07, 6.45) is 1.03. The summed E-state index contributed by atoms with van der Waals surface area (Å²) < 4.78 is 12.7. The van der Waals surface area contributed by atoms with Gasteiger partial charge >= 0.3 is 6.03 Å². The van der Waals surface area contributed by atoms with Crippen molar-refractivity contribution in [3.63, 3.8) is 0 Å². The first-order valence-electron chi connectivity index (χ1n) is 12.4. The number of hydrogen-bond acceptors (Lipinski definition) is 7. The summed E-state index contributed by atoms with van der Waals surface area (Å²) in [4.78, 5) is 57.0. The zero-order valence-corrected chi connectivity index (χ0v) is 21.6. The number of methoxy groups -OCH3 is 2. The lowest BCUT2D eigenvalue weighted by Gasteiger charge is -2.48. The number of imide groups is 2. The molecule has 196 valence electrons. The molecule has 0 aliphatic carbocycles. The third kappa shape index (κ3) is 4.09. The highest BCUT2D eigenvalue weighted by atomic mass is 16.5. The third-order valence-corrected chi connectivity index (χ3v) is 8.04. The lowest BCUT2D eigenvalue weighted by atomic mass is 9.75. The van der Waals surface area contributed by atoms with Crippen molar-refractivity contribution in [1.29, 1.82) is 0 Å². The first kappa shape index (κ1) is 25.0. The molecule has 3 aliphatic rings. The van der Waals surface area contributed by atoms with E-state index in [1.54, 1.807) is 37.4 Å². The fraction of sp³-hybridized carbons (Fsp3) is 0.481. The molecular formula is C27H32N4O6. The molecule has 2 bridgehead atoms. The van der Waals surface area contributed by atoms with Crippen LogP contribution >= 0.6 is 0 Å². The van der Waals surface area contributed by atoms with Gasteiger partial charge in [-0.25, -0.2) is 4.79 Å². The van der Waals surface area contributed by atoms with Gasteiger partial charge in [0.25, 0.3) is 5.56 Å². The molecule has 2 saturated heterocycles. The Kier molecular flexibility index (Phi) is 6.31. The molecule has 2 aromatic rings. The van der Waals surface area contributed by atoms with Crippen LogP contribution in [0.25, 0.3) is 0 Å². The summed E-state index contributed by atoms with van der Waals surface area (Å²) >= 11 is 0. The van der Waals surface area contributed by atoms with Gasteiger partial charge in [-0.3, -0.25) is 24.2 Å². The van der Waals surface area contributed by atoms with Crippen molar-refractivity contribution in [2.75, 3.05) is 47.9 Å². The molecular weight excluding hydrogens is 476 g/mol. The molecule has 0 saturated carbocycles. The van der Waals surface area contributed by atoms with E-state index in [9.17, 15) is 19.2 Å². The number of carbonyl (C=O) groups excluding carboxylic acids is 3. The fourth-order valence-corrected chi connectivity index (χ4v) is 6.30. The highest BCUT2D eigenvalue weighted by Crippen LogP contribution is 2.40. The van der Waals surface area contributed by atoms with Crippen molar-refractivity contribution in [2.45, 2.75) is 25.3 Å². The van der Waals surface area contributed by atoms with Crippen LogP contribution in [0.1, 0.15) is 23.6 Å². The number of aromatic nitrogens is 1. The number of amides is 4. The molecule has 5 rings (SSSR count). The van der Waals surface area contributed by atoms with Gasteiger partial charge in [-0.1, -0.05) is 12.1 Å². The van der Waals surface area contributed by atoms with Gasteiger partial charge in [0.05, 0.1) is 14.2 Å². The maximum absolute atomic E-state index is 13.8. The Bertz CT molecular complexity index is 1300. The number of likely N-dealkylation sites (tertiary alicyclic amines) is 1. The van der Waals surface area contributed by atoms with Gasteiger partial charge in [0.2, 0.25) is 11.8 Å². The highest BCUT2D eigenvalue weighted by Gasteiger charge is 2.57. The second-order valence-corrected chi connectivity index (χ2v) is 10.3. The van der Waals surface area contributed by atoms with E-state index in [2.05, 4.69) is 4.90 Å². The SMILES string of the molecule is COc1ccc(CC2(CN3C[C@H]4C[C@H](C3)c3cccc(=O)n3C4)C(=O)N(C)C(=O)N(C)C2=O)c(OC)c1. The minimum Gasteiger partial charge on any atom is -0.497 e. The molecule has 4 amide bonds. The van der Waals surface area contributed by atoms with Gasteiger partial charge < -0.3 is 18.9 Å². The number of barbiturate groups is 1. The standard InChI is InChI=1S/C27H32N4O6/c1-28-24(33)27(25(34)29(2)26(28)35,12-18-8-9-20(36-3)11-22(18)37-4)16-30-13-17-10-19(15-30)21-6-5-7-23(32)31(21)14-17/h5-9,11,17,19H,10,12-16H2,1-4H3/t17-,19-/m1/s1. The Hall–Kier alpha value is -3.66. The molecule has 1 aromatic heterocycles. The van der Waals surface area contributed by atoms with E-state index >= 15 is 0 Å². The number of nitrogens with zero attached hydrogens (tertiary/aromatic N) is 4. The fourth-order valence-electron chi connectivity index (χ4n) is 6.30.